The molecule has 0 aliphatic carbocycles. The van der Waals surface area contributed by atoms with E-state index in [2.05, 4.69) is 37.2 Å². The molecule has 0 aliphatic heterocycles. The summed E-state index contributed by atoms with van der Waals surface area (Å²) >= 11 is 6.83. The molecular formula is C12H15Br2NO2. The van der Waals surface area contributed by atoms with Gasteiger partial charge in [0.15, 0.2) is 0 Å². The van der Waals surface area contributed by atoms with Gasteiger partial charge in [-0.05, 0) is 63.0 Å². The molecule has 17 heavy (non-hydrogen) atoms. The predicted molar refractivity (Wildman–Crippen MR) is 74.9 cm³/mol. The van der Waals surface area contributed by atoms with Gasteiger partial charge in [0.25, 0.3) is 0 Å². The van der Waals surface area contributed by atoms with Crippen LogP contribution in [0.25, 0.3) is 0 Å². The van der Waals surface area contributed by atoms with Crippen LogP contribution in [0, 0.1) is 0 Å². The third-order valence-corrected chi connectivity index (χ3v) is 4.09. The second-order valence-corrected chi connectivity index (χ2v) is 5.12. The van der Waals surface area contributed by atoms with Gasteiger partial charge in [0.1, 0.15) is 6.04 Å². The Hall–Kier alpha value is -0.390. The van der Waals surface area contributed by atoms with Gasteiger partial charge < -0.3 is 10.1 Å². The lowest BCUT2D eigenvalue weighted by molar-refractivity contribution is -0.145. The molecule has 1 aromatic carbocycles. The van der Waals surface area contributed by atoms with Gasteiger partial charge in [0, 0.05) is 8.95 Å². The highest BCUT2D eigenvalue weighted by molar-refractivity contribution is 9.13. The number of nitrogens with one attached hydrogen (secondary N) is 1. The number of likely N-dealkylation sites (N-methyl/N-ethyl adjacent to an activating group) is 1. The van der Waals surface area contributed by atoms with Crippen molar-refractivity contribution in [3.63, 3.8) is 0 Å². The first kappa shape index (κ1) is 14.7. The van der Waals surface area contributed by atoms with Gasteiger partial charge in [-0.3, -0.25) is 0 Å². The Morgan fingerprint density at radius 1 is 1.35 bits per heavy atom. The van der Waals surface area contributed by atoms with Gasteiger partial charge in [-0.25, -0.2) is 4.79 Å². The van der Waals surface area contributed by atoms with Crippen molar-refractivity contribution in [2.75, 3.05) is 13.2 Å². The molecule has 1 aromatic rings. The molecule has 1 unspecified atom stereocenters. The van der Waals surface area contributed by atoms with Crippen molar-refractivity contribution in [3.8, 4) is 0 Å². The summed E-state index contributed by atoms with van der Waals surface area (Å²) in [6.07, 6.45) is 0. The molecule has 1 N–H and O–H groups in total. The van der Waals surface area contributed by atoms with E-state index in [-0.39, 0.29) is 5.97 Å². The minimum absolute atomic E-state index is 0.247. The molecule has 0 fully saturated rings. The molecule has 0 aliphatic rings. The van der Waals surface area contributed by atoms with Crippen molar-refractivity contribution < 1.29 is 9.53 Å². The zero-order chi connectivity index (χ0) is 12.8. The van der Waals surface area contributed by atoms with E-state index in [4.69, 9.17) is 4.74 Å². The molecule has 94 valence electrons. The standard InChI is InChI=1S/C12H15Br2NO2/c1-3-15-11(12(16)17-4-2)8-5-6-9(13)10(14)7-8/h5-7,11,15H,3-4H2,1-2H3. The fourth-order valence-electron chi connectivity index (χ4n) is 1.46. The first-order chi connectivity index (χ1) is 8.10. The molecule has 0 saturated heterocycles. The second-order valence-electron chi connectivity index (χ2n) is 3.42. The van der Waals surface area contributed by atoms with Crippen LogP contribution >= 0.6 is 31.9 Å². The number of rotatable bonds is 5. The molecule has 0 radical (unpaired) electrons. The maximum Gasteiger partial charge on any atom is 0.327 e. The summed E-state index contributed by atoms with van der Waals surface area (Å²) in [5.41, 5.74) is 0.889. The lowest BCUT2D eigenvalue weighted by Gasteiger charge is -2.17. The normalized spacial score (nSPS) is 12.2. The Labute approximate surface area is 118 Å². The minimum Gasteiger partial charge on any atom is -0.465 e. The van der Waals surface area contributed by atoms with E-state index in [1.165, 1.54) is 0 Å². The van der Waals surface area contributed by atoms with Crippen LogP contribution in [0.4, 0.5) is 0 Å². The number of hydrogen-bond acceptors (Lipinski definition) is 3. The van der Waals surface area contributed by atoms with E-state index in [0.29, 0.717) is 13.2 Å². The molecule has 0 saturated carbocycles. The fourth-order valence-corrected chi connectivity index (χ4v) is 2.10. The van der Waals surface area contributed by atoms with E-state index in [0.717, 1.165) is 14.5 Å². The number of benzene rings is 1. The Kier molecular flexibility index (Phi) is 6.16. The van der Waals surface area contributed by atoms with E-state index >= 15 is 0 Å². The third kappa shape index (κ3) is 4.08. The summed E-state index contributed by atoms with van der Waals surface area (Å²) in [5, 5.41) is 3.12. The largest absolute Gasteiger partial charge is 0.465 e. The van der Waals surface area contributed by atoms with Crippen LogP contribution in [0.1, 0.15) is 25.5 Å². The van der Waals surface area contributed by atoms with Crippen molar-refractivity contribution in [2.45, 2.75) is 19.9 Å². The summed E-state index contributed by atoms with van der Waals surface area (Å²) in [5.74, 6) is -0.247. The van der Waals surface area contributed by atoms with Gasteiger partial charge >= 0.3 is 5.97 Å². The van der Waals surface area contributed by atoms with Crippen LogP contribution in [0.2, 0.25) is 0 Å². The maximum atomic E-state index is 11.8. The highest BCUT2D eigenvalue weighted by atomic mass is 79.9. The van der Waals surface area contributed by atoms with Crippen LogP contribution in [0.15, 0.2) is 27.1 Å². The van der Waals surface area contributed by atoms with Gasteiger partial charge in [-0.15, -0.1) is 0 Å². The topological polar surface area (TPSA) is 38.3 Å². The number of carbonyl (C=O) groups is 1. The molecular weight excluding hydrogens is 350 g/mol. The zero-order valence-corrected chi connectivity index (χ0v) is 13.0. The molecule has 1 atom stereocenters. The molecule has 3 nitrogen and oxygen atoms in total. The second kappa shape index (κ2) is 7.13. The van der Waals surface area contributed by atoms with E-state index < -0.39 is 6.04 Å². The first-order valence-corrected chi connectivity index (χ1v) is 7.03. The fraction of sp³-hybridized carbons (Fsp3) is 0.417. The Bertz CT molecular complexity index is 396. The van der Waals surface area contributed by atoms with Crippen LogP contribution in [-0.2, 0) is 9.53 Å². The summed E-state index contributed by atoms with van der Waals surface area (Å²) in [7, 11) is 0. The molecule has 0 spiro atoms. The number of esters is 1. The van der Waals surface area contributed by atoms with Crippen LogP contribution in [0.3, 0.4) is 0 Å². The van der Waals surface area contributed by atoms with Gasteiger partial charge in [-0.1, -0.05) is 13.0 Å². The Morgan fingerprint density at radius 2 is 2.06 bits per heavy atom. The Morgan fingerprint density at radius 3 is 2.59 bits per heavy atom. The number of ether oxygens (including phenoxy) is 1. The molecule has 0 aromatic heterocycles. The smallest absolute Gasteiger partial charge is 0.327 e. The van der Waals surface area contributed by atoms with Crippen molar-refractivity contribution in [1.82, 2.24) is 5.32 Å². The highest BCUT2D eigenvalue weighted by Crippen LogP contribution is 2.27. The van der Waals surface area contributed by atoms with E-state index in [1.54, 1.807) is 6.92 Å². The van der Waals surface area contributed by atoms with E-state index in [1.807, 2.05) is 25.1 Å². The molecule has 0 bridgehead atoms. The van der Waals surface area contributed by atoms with Crippen molar-refractivity contribution in [3.05, 3.63) is 32.7 Å². The van der Waals surface area contributed by atoms with Crippen molar-refractivity contribution in [1.29, 1.82) is 0 Å². The van der Waals surface area contributed by atoms with Crippen molar-refractivity contribution in [2.24, 2.45) is 0 Å². The Balaban J connectivity index is 2.96. The third-order valence-electron chi connectivity index (χ3n) is 2.21. The summed E-state index contributed by atoms with van der Waals surface area (Å²) < 4.78 is 6.93. The average Bonchev–Trinajstić information content (AvgIpc) is 2.30. The van der Waals surface area contributed by atoms with Crippen molar-refractivity contribution >= 4 is 37.8 Å². The van der Waals surface area contributed by atoms with Gasteiger partial charge in [-0.2, -0.15) is 0 Å². The number of carbonyl (C=O) groups excluding carboxylic acids is 1. The summed E-state index contributed by atoms with van der Waals surface area (Å²) in [6.45, 7) is 4.86. The molecule has 5 heteroatoms. The lowest BCUT2D eigenvalue weighted by Crippen LogP contribution is -2.30. The SMILES string of the molecule is CCNC(C(=O)OCC)c1ccc(Br)c(Br)c1. The number of hydrogen-bond donors (Lipinski definition) is 1. The molecule has 0 amide bonds. The minimum atomic E-state index is -0.413. The lowest BCUT2D eigenvalue weighted by atomic mass is 10.1. The predicted octanol–water partition coefficient (Wildman–Crippen LogP) is 3.43. The summed E-state index contributed by atoms with van der Waals surface area (Å²) in [6, 6.07) is 5.31. The first-order valence-electron chi connectivity index (χ1n) is 5.45. The van der Waals surface area contributed by atoms with Crippen LogP contribution in [-0.4, -0.2) is 19.1 Å². The van der Waals surface area contributed by atoms with E-state index in [9.17, 15) is 4.79 Å². The van der Waals surface area contributed by atoms with Crippen LogP contribution < -0.4 is 5.32 Å². The maximum absolute atomic E-state index is 11.8. The summed E-state index contributed by atoms with van der Waals surface area (Å²) in [4.78, 5) is 11.8. The molecule has 0 heterocycles. The monoisotopic (exact) mass is 363 g/mol. The average molecular weight is 365 g/mol. The van der Waals surface area contributed by atoms with Crippen LogP contribution in [0.5, 0.6) is 0 Å². The highest BCUT2D eigenvalue weighted by Gasteiger charge is 2.21. The van der Waals surface area contributed by atoms with Gasteiger partial charge in [0.05, 0.1) is 6.61 Å². The zero-order valence-electron chi connectivity index (χ0n) is 9.80. The molecule has 1 rings (SSSR count). The number of halogens is 2. The van der Waals surface area contributed by atoms with Gasteiger partial charge in [0.2, 0.25) is 0 Å². The quantitative estimate of drug-likeness (QED) is 0.813.